The number of hydrogen-bond acceptors (Lipinski definition) is 5. The lowest BCUT2D eigenvalue weighted by Crippen LogP contribution is -2.31. The fourth-order valence-corrected chi connectivity index (χ4v) is 3.56. The van der Waals surface area contributed by atoms with Crippen molar-refractivity contribution in [1.29, 1.82) is 0 Å². The van der Waals surface area contributed by atoms with Gasteiger partial charge in [-0.05, 0) is 52.2 Å². The monoisotopic (exact) mass is 487 g/mol. The molecule has 0 aliphatic heterocycles. The molecule has 1 aromatic heterocycles. The molecule has 1 N–H and O–H groups in total. The van der Waals surface area contributed by atoms with Crippen LogP contribution < -0.4 is 19.5 Å². The van der Waals surface area contributed by atoms with Crippen molar-refractivity contribution in [2.75, 3.05) is 20.8 Å². The van der Waals surface area contributed by atoms with Gasteiger partial charge in [-0.3, -0.25) is 4.79 Å². The zero-order valence-corrected chi connectivity index (χ0v) is 19.4. The van der Waals surface area contributed by atoms with Crippen molar-refractivity contribution in [3.63, 3.8) is 0 Å². The maximum absolute atomic E-state index is 12.7. The summed E-state index contributed by atoms with van der Waals surface area (Å²) >= 11 is 3.45. The van der Waals surface area contributed by atoms with Crippen LogP contribution in [0.25, 0.3) is 0 Å². The first-order valence-corrected chi connectivity index (χ1v) is 10.7. The molecule has 0 fully saturated rings. The average Bonchev–Trinajstić information content (AvgIpc) is 3.21. The minimum Gasteiger partial charge on any atom is -0.497 e. The molecule has 0 bridgehead atoms. The standard InChI is InChI=1S/C23H26BrN3O4/c1-27-11-10-25-23(27)22(16-13-17(29-2)15-18(14-16)30-3)26-21(28)9-6-12-31-20-8-5-4-7-19(20)24/h4-5,7-8,10-11,13-15,22H,6,9,12H2,1-3H3,(H,26,28). The summed E-state index contributed by atoms with van der Waals surface area (Å²) in [6.45, 7) is 0.441. The van der Waals surface area contributed by atoms with Crippen LogP contribution in [0.1, 0.15) is 30.3 Å². The molecule has 8 heteroatoms. The molecule has 164 valence electrons. The largest absolute Gasteiger partial charge is 0.497 e. The molecule has 1 heterocycles. The fourth-order valence-electron chi connectivity index (χ4n) is 3.16. The topological polar surface area (TPSA) is 74.6 Å². The molecule has 31 heavy (non-hydrogen) atoms. The van der Waals surface area contributed by atoms with E-state index in [1.165, 1.54) is 0 Å². The molecular formula is C23H26BrN3O4. The number of rotatable bonds is 10. The minimum atomic E-state index is -0.444. The Kier molecular flexibility index (Phi) is 7.94. The van der Waals surface area contributed by atoms with Gasteiger partial charge < -0.3 is 24.1 Å². The number of nitrogens with one attached hydrogen (secondary N) is 1. The summed E-state index contributed by atoms with van der Waals surface area (Å²) in [5.41, 5.74) is 0.823. The molecule has 0 aliphatic carbocycles. The van der Waals surface area contributed by atoms with Crippen molar-refractivity contribution in [2.24, 2.45) is 7.05 Å². The molecule has 3 rings (SSSR count). The molecule has 0 aliphatic rings. The number of benzene rings is 2. The second kappa shape index (κ2) is 10.9. The van der Waals surface area contributed by atoms with Gasteiger partial charge in [0.15, 0.2) is 0 Å². The van der Waals surface area contributed by atoms with Crippen molar-refractivity contribution < 1.29 is 19.0 Å². The van der Waals surface area contributed by atoms with E-state index < -0.39 is 6.04 Å². The summed E-state index contributed by atoms with van der Waals surface area (Å²) in [5, 5.41) is 3.09. The first kappa shape index (κ1) is 22.7. The third-order valence-corrected chi connectivity index (χ3v) is 5.43. The predicted molar refractivity (Wildman–Crippen MR) is 122 cm³/mol. The fraction of sp³-hybridized carbons (Fsp3) is 0.304. The van der Waals surface area contributed by atoms with Crippen LogP contribution in [0.5, 0.6) is 17.2 Å². The van der Waals surface area contributed by atoms with Crippen LogP contribution >= 0.6 is 15.9 Å². The molecule has 2 aromatic carbocycles. The lowest BCUT2D eigenvalue weighted by molar-refractivity contribution is -0.121. The Bertz CT molecular complexity index is 999. The first-order valence-electron chi connectivity index (χ1n) is 9.88. The number of amides is 1. The van der Waals surface area contributed by atoms with Gasteiger partial charge in [-0.15, -0.1) is 0 Å². The maximum Gasteiger partial charge on any atom is 0.220 e. The summed E-state index contributed by atoms with van der Waals surface area (Å²) in [5.74, 6) is 2.67. The molecule has 1 atom stereocenters. The van der Waals surface area contributed by atoms with Crippen LogP contribution in [0.15, 0.2) is 59.3 Å². The summed E-state index contributed by atoms with van der Waals surface area (Å²) in [6.07, 6.45) is 4.46. The normalized spacial score (nSPS) is 11.6. The lowest BCUT2D eigenvalue weighted by atomic mass is 10.0. The average molecular weight is 488 g/mol. The van der Waals surface area contributed by atoms with Crippen LogP contribution in [0, 0.1) is 0 Å². The third kappa shape index (κ3) is 6.01. The Morgan fingerprint density at radius 2 is 1.87 bits per heavy atom. The third-order valence-electron chi connectivity index (χ3n) is 4.77. The SMILES string of the molecule is COc1cc(OC)cc(C(NC(=O)CCCOc2ccccc2Br)c2nccn2C)c1. The Labute approximate surface area is 190 Å². The highest BCUT2D eigenvalue weighted by Gasteiger charge is 2.22. The van der Waals surface area contributed by atoms with Crippen molar-refractivity contribution in [2.45, 2.75) is 18.9 Å². The highest BCUT2D eigenvalue weighted by Crippen LogP contribution is 2.29. The summed E-state index contributed by atoms with van der Waals surface area (Å²) in [4.78, 5) is 17.2. The van der Waals surface area contributed by atoms with Crippen LogP contribution in [0.2, 0.25) is 0 Å². The van der Waals surface area contributed by atoms with Gasteiger partial charge >= 0.3 is 0 Å². The van der Waals surface area contributed by atoms with Crippen LogP contribution in [-0.4, -0.2) is 36.3 Å². The quantitative estimate of drug-likeness (QED) is 0.432. The van der Waals surface area contributed by atoms with Gasteiger partial charge in [-0.2, -0.15) is 0 Å². The lowest BCUT2D eigenvalue weighted by Gasteiger charge is -2.20. The van der Waals surface area contributed by atoms with E-state index in [0.717, 1.165) is 15.8 Å². The maximum atomic E-state index is 12.7. The van der Waals surface area contributed by atoms with E-state index in [2.05, 4.69) is 26.2 Å². The molecule has 3 aromatic rings. The molecule has 7 nitrogen and oxygen atoms in total. The minimum absolute atomic E-state index is 0.0921. The number of imidazole rings is 1. The first-order chi connectivity index (χ1) is 15.0. The Morgan fingerprint density at radius 3 is 2.48 bits per heavy atom. The number of nitrogens with zero attached hydrogens (tertiary/aromatic N) is 2. The number of halogens is 1. The molecule has 1 unspecified atom stereocenters. The Hall–Kier alpha value is -3.00. The number of methoxy groups -OCH3 is 2. The van der Waals surface area contributed by atoms with Crippen LogP contribution in [0.4, 0.5) is 0 Å². The van der Waals surface area contributed by atoms with Crippen LogP contribution in [-0.2, 0) is 11.8 Å². The van der Waals surface area contributed by atoms with Gasteiger partial charge in [0.2, 0.25) is 5.91 Å². The molecular weight excluding hydrogens is 462 g/mol. The van der Waals surface area contributed by atoms with Crippen LogP contribution in [0.3, 0.4) is 0 Å². The zero-order valence-electron chi connectivity index (χ0n) is 17.8. The summed E-state index contributed by atoms with van der Waals surface area (Å²) in [7, 11) is 5.08. The zero-order chi connectivity index (χ0) is 22.2. The number of carbonyl (C=O) groups is 1. The molecule has 0 saturated carbocycles. The summed E-state index contributed by atoms with van der Waals surface area (Å²) < 4.78 is 19.3. The molecule has 1 amide bonds. The second-order valence-corrected chi connectivity index (χ2v) is 7.78. The molecule has 0 saturated heterocycles. The predicted octanol–water partition coefficient (Wildman–Crippen LogP) is 4.26. The van der Waals surface area contributed by atoms with E-state index >= 15 is 0 Å². The number of carbonyl (C=O) groups excluding carboxylic acids is 1. The Balaban J connectivity index is 1.69. The van der Waals surface area contributed by atoms with Gasteiger partial charge in [0.1, 0.15) is 29.1 Å². The highest BCUT2D eigenvalue weighted by molar-refractivity contribution is 9.10. The van der Waals surface area contributed by atoms with Gasteiger partial charge in [0.25, 0.3) is 0 Å². The van der Waals surface area contributed by atoms with E-state index in [1.54, 1.807) is 26.5 Å². The van der Waals surface area contributed by atoms with Crippen molar-refractivity contribution in [3.8, 4) is 17.2 Å². The van der Waals surface area contributed by atoms with E-state index in [1.807, 2.05) is 54.2 Å². The van der Waals surface area contributed by atoms with Crippen molar-refractivity contribution >= 4 is 21.8 Å². The van der Waals surface area contributed by atoms with E-state index in [-0.39, 0.29) is 5.91 Å². The van der Waals surface area contributed by atoms with Gasteiger partial charge in [-0.1, -0.05) is 12.1 Å². The number of ether oxygens (including phenoxy) is 3. The molecule has 0 radical (unpaired) electrons. The van der Waals surface area contributed by atoms with Crippen molar-refractivity contribution in [3.05, 3.63) is 70.7 Å². The second-order valence-electron chi connectivity index (χ2n) is 6.93. The smallest absolute Gasteiger partial charge is 0.220 e. The number of para-hydroxylation sites is 1. The van der Waals surface area contributed by atoms with Crippen molar-refractivity contribution in [1.82, 2.24) is 14.9 Å². The van der Waals surface area contributed by atoms with Gasteiger partial charge in [0.05, 0.1) is 25.3 Å². The van der Waals surface area contributed by atoms with Gasteiger partial charge in [0, 0.05) is 31.9 Å². The van der Waals surface area contributed by atoms with Gasteiger partial charge in [-0.25, -0.2) is 4.98 Å². The number of aromatic nitrogens is 2. The van der Waals surface area contributed by atoms with E-state index in [4.69, 9.17) is 14.2 Å². The van der Waals surface area contributed by atoms with E-state index in [0.29, 0.717) is 36.8 Å². The Morgan fingerprint density at radius 1 is 1.16 bits per heavy atom. The molecule has 0 spiro atoms. The number of aryl methyl sites for hydroxylation is 1. The summed E-state index contributed by atoms with van der Waals surface area (Å²) in [6, 6.07) is 12.7. The number of hydrogen-bond donors (Lipinski definition) is 1. The van der Waals surface area contributed by atoms with E-state index in [9.17, 15) is 4.79 Å². The highest BCUT2D eigenvalue weighted by atomic mass is 79.9.